The first-order chi connectivity index (χ1) is 8.40. The van der Waals surface area contributed by atoms with Gasteiger partial charge in [-0.05, 0) is 58.4 Å². The van der Waals surface area contributed by atoms with E-state index in [1.54, 1.807) is 0 Å². The summed E-state index contributed by atoms with van der Waals surface area (Å²) in [7, 11) is 2.21. The van der Waals surface area contributed by atoms with E-state index in [2.05, 4.69) is 39.6 Å². The van der Waals surface area contributed by atoms with Crippen LogP contribution < -0.4 is 0 Å². The highest BCUT2D eigenvalue weighted by Crippen LogP contribution is 2.33. The predicted molar refractivity (Wildman–Crippen MR) is 78.7 cm³/mol. The van der Waals surface area contributed by atoms with Gasteiger partial charge in [0.15, 0.2) is 0 Å². The Kier molecular flexibility index (Phi) is 6.13. The monoisotopic (exact) mass is 255 g/mol. The van der Waals surface area contributed by atoms with Crippen molar-refractivity contribution in [3.63, 3.8) is 0 Å². The lowest BCUT2D eigenvalue weighted by molar-refractivity contribution is 0.0111. The van der Waals surface area contributed by atoms with Crippen LogP contribution in [0.4, 0.5) is 0 Å². The van der Waals surface area contributed by atoms with E-state index in [9.17, 15) is 5.11 Å². The Labute approximate surface area is 114 Å². The van der Waals surface area contributed by atoms with Crippen LogP contribution in [0.3, 0.4) is 0 Å². The van der Waals surface area contributed by atoms with Crippen molar-refractivity contribution in [2.45, 2.75) is 77.9 Å². The van der Waals surface area contributed by atoms with Gasteiger partial charge in [-0.15, -0.1) is 0 Å². The average Bonchev–Trinajstić information content (AvgIpc) is 2.33. The number of nitrogens with zero attached hydrogens (tertiary/aromatic N) is 1. The van der Waals surface area contributed by atoms with E-state index in [0.717, 1.165) is 25.3 Å². The molecule has 1 aliphatic carbocycles. The van der Waals surface area contributed by atoms with Crippen LogP contribution in [0.2, 0.25) is 0 Å². The van der Waals surface area contributed by atoms with E-state index in [0.29, 0.717) is 5.92 Å². The molecule has 0 spiro atoms. The van der Waals surface area contributed by atoms with Crippen LogP contribution >= 0.6 is 0 Å². The fourth-order valence-electron chi connectivity index (χ4n) is 3.08. The Hall–Kier alpha value is -0.0800. The Balaban J connectivity index is 2.53. The fraction of sp³-hybridized carbons (Fsp3) is 1.00. The minimum Gasteiger partial charge on any atom is -0.393 e. The van der Waals surface area contributed by atoms with Gasteiger partial charge in [0.2, 0.25) is 0 Å². The number of rotatable bonds is 6. The van der Waals surface area contributed by atoms with Crippen molar-refractivity contribution in [1.82, 2.24) is 4.90 Å². The molecule has 108 valence electrons. The maximum Gasteiger partial charge on any atom is 0.0580 e. The first-order valence-corrected chi connectivity index (χ1v) is 7.80. The highest BCUT2D eigenvalue weighted by Gasteiger charge is 2.32. The SMILES string of the molecule is CCCC1CCC(O)C(CN(C)C(C)(C)CC)C1. The van der Waals surface area contributed by atoms with Crippen LogP contribution in [-0.2, 0) is 0 Å². The molecule has 0 aromatic heterocycles. The summed E-state index contributed by atoms with van der Waals surface area (Å²) in [4.78, 5) is 2.44. The molecular weight excluding hydrogens is 222 g/mol. The molecule has 0 amide bonds. The first kappa shape index (κ1) is 16.0. The van der Waals surface area contributed by atoms with Gasteiger partial charge in [0.25, 0.3) is 0 Å². The van der Waals surface area contributed by atoms with E-state index in [4.69, 9.17) is 0 Å². The summed E-state index contributed by atoms with van der Waals surface area (Å²) in [5.41, 5.74) is 0.247. The quantitative estimate of drug-likeness (QED) is 0.782. The molecule has 1 aliphatic rings. The second kappa shape index (κ2) is 6.91. The largest absolute Gasteiger partial charge is 0.393 e. The molecule has 18 heavy (non-hydrogen) atoms. The van der Waals surface area contributed by atoms with E-state index in [1.807, 2.05) is 0 Å². The first-order valence-electron chi connectivity index (χ1n) is 7.80. The molecule has 0 aromatic carbocycles. The molecular formula is C16H33NO. The summed E-state index contributed by atoms with van der Waals surface area (Å²) in [5, 5.41) is 10.2. The van der Waals surface area contributed by atoms with Crippen LogP contribution in [-0.4, -0.2) is 35.2 Å². The minimum absolute atomic E-state index is 0.0757. The van der Waals surface area contributed by atoms with E-state index < -0.39 is 0 Å². The van der Waals surface area contributed by atoms with Crippen LogP contribution in [0.5, 0.6) is 0 Å². The Morgan fingerprint density at radius 3 is 2.44 bits per heavy atom. The molecule has 0 radical (unpaired) electrons. The summed E-state index contributed by atoms with van der Waals surface area (Å²) in [6, 6.07) is 0. The van der Waals surface area contributed by atoms with Crippen LogP contribution in [0.1, 0.15) is 66.2 Å². The smallest absolute Gasteiger partial charge is 0.0580 e. The minimum atomic E-state index is -0.0757. The van der Waals surface area contributed by atoms with Gasteiger partial charge in [0.05, 0.1) is 6.10 Å². The van der Waals surface area contributed by atoms with Crippen molar-refractivity contribution in [1.29, 1.82) is 0 Å². The van der Waals surface area contributed by atoms with Crippen LogP contribution in [0.15, 0.2) is 0 Å². The van der Waals surface area contributed by atoms with Gasteiger partial charge in [-0.3, -0.25) is 0 Å². The lowest BCUT2D eigenvalue weighted by atomic mass is 9.77. The summed E-state index contributed by atoms with van der Waals surface area (Å²) < 4.78 is 0. The maximum absolute atomic E-state index is 10.2. The van der Waals surface area contributed by atoms with Crippen molar-refractivity contribution in [2.24, 2.45) is 11.8 Å². The summed E-state index contributed by atoms with van der Waals surface area (Å²) in [6.45, 7) is 10.2. The third-order valence-corrected chi connectivity index (χ3v) is 5.15. The Bertz CT molecular complexity index is 239. The zero-order valence-corrected chi connectivity index (χ0v) is 13.1. The molecule has 0 heterocycles. The van der Waals surface area contributed by atoms with E-state index in [1.165, 1.54) is 25.7 Å². The van der Waals surface area contributed by atoms with Gasteiger partial charge in [-0.25, -0.2) is 0 Å². The zero-order valence-electron chi connectivity index (χ0n) is 13.1. The molecule has 2 heteroatoms. The van der Waals surface area contributed by atoms with Gasteiger partial charge >= 0.3 is 0 Å². The third kappa shape index (κ3) is 4.24. The molecule has 0 bridgehead atoms. The predicted octanol–water partition coefficient (Wildman–Crippen LogP) is 3.68. The molecule has 1 rings (SSSR count). The van der Waals surface area contributed by atoms with Crippen molar-refractivity contribution >= 4 is 0 Å². The number of hydrogen-bond donors (Lipinski definition) is 1. The van der Waals surface area contributed by atoms with Crippen molar-refractivity contribution < 1.29 is 5.11 Å². The fourth-order valence-corrected chi connectivity index (χ4v) is 3.08. The van der Waals surface area contributed by atoms with Crippen molar-refractivity contribution in [3.8, 4) is 0 Å². The van der Waals surface area contributed by atoms with E-state index >= 15 is 0 Å². The van der Waals surface area contributed by atoms with Gasteiger partial charge in [0.1, 0.15) is 0 Å². The number of hydrogen-bond acceptors (Lipinski definition) is 2. The van der Waals surface area contributed by atoms with Crippen molar-refractivity contribution in [2.75, 3.05) is 13.6 Å². The van der Waals surface area contributed by atoms with Gasteiger partial charge in [-0.1, -0.05) is 26.7 Å². The highest BCUT2D eigenvalue weighted by atomic mass is 16.3. The van der Waals surface area contributed by atoms with Gasteiger partial charge in [-0.2, -0.15) is 0 Å². The summed E-state index contributed by atoms with van der Waals surface area (Å²) in [6.07, 6.45) is 7.16. The standard InChI is InChI=1S/C16H33NO/c1-6-8-13-9-10-15(18)14(11-13)12-17(5)16(3,4)7-2/h13-15,18H,6-12H2,1-5H3. The summed E-state index contributed by atoms with van der Waals surface area (Å²) in [5.74, 6) is 1.33. The molecule has 0 aromatic rings. The number of aliphatic hydroxyl groups is 1. The Morgan fingerprint density at radius 1 is 1.22 bits per heavy atom. The molecule has 3 atom stereocenters. The summed E-state index contributed by atoms with van der Waals surface area (Å²) >= 11 is 0. The lowest BCUT2D eigenvalue weighted by Gasteiger charge is -2.41. The average molecular weight is 255 g/mol. The van der Waals surface area contributed by atoms with Crippen LogP contribution in [0, 0.1) is 11.8 Å². The highest BCUT2D eigenvalue weighted by molar-refractivity contribution is 4.85. The maximum atomic E-state index is 10.2. The molecule has 3 unspecified atom stereocenters. The topological polar surface area (TPSA) is 23.5 Å². The Morgan fingerprint density at radius 2 is 1.89 bits per heavy atom. The molecule has 0 saturated heterocycles. The third-order valence-electron chi connectivity index (χ3n) is 5.15. The van der Waals surface area contributed by atoms with Crippen LogP contribution in [0.25, 0.3) is 0 Å². The van der Waals surface area contributed by atoms with Gasteiger partial charge < -0.3 is 10.0 Å². The molecule has 0 aliphatic heterocycles. The molecule has 1 fully saturated rings. The molecule has 1 N–H and O–H groups in total. The van der Waals surface area contributed by atoms with Gasteiger partial charge in [0, 0.05) is 12.1 Å². The zero-order chi connectivity index (χ0) is 13.8. The lowest BCUT2D eigenvalue weighted by Crippen LogP contribution is -2.46. The normalized spacial score (nSPS) is 29.8. The van der Waals surface area contributed by atoms with E-state index in [-0.39, 0.29) is 11.6 Å². The van der Waals surface area contributed by atoms with Crippen molar-refractivity contribution in [3.05, 3.63) is 0 Å². The molecule has 1 saturated carbocycles. The molecule has 2 nitrogen and oxygen atoms in total. The second-order valence-electron chi connectivity index (χ2n) is 6.84. The second-order valence-corrected chi connectivity index (χ2v) is 6.84. The number of aliphatic hydroxyl groups excluding tert-OH is 1.